The molecule has 6 atom stereocenters. The summed E-state index contributed by atoms with van der Waals surface area (Å²) in [5.74, 6) is 0.547. The van der Waals surface area contributed by atoms with Gasteiger partial charge in [0.1, 0.15) is 34.5 Å². The summed E-state index contributed by atoms with van der Waals surface area (Å²) in [4.78, 5) is 53.5. The van der Waals surface area contributed by atoms with Crippen molar-refractivity contribution < 1.29 is 61.8 Å². The number of phosphoric ester groups is 1. The van der Waals surface area contributed by atoms with Crippen LogP contribution in [0.5, 0.6) is 11.5 Å². The number of nitrogens with one attached hydrogen (secondary N) is 1. The molecule has 2 aliphatic heterocycles. The predicted octanol–water partition coefficient (Wildman–Crippen LogP) is 3.40. The van der Waals surface area contributed by atoms with E-state index in [0.29, 0.717) is 17.1 Å². The number of aliphatic hydroxyl groups excluding tert-OH is 2. The van der Waals surface area contributed by atoms with E-state index in [4.69, 9.17) is 54.7 Å². The van der Waals surface area contributed by atoms with E-state index in [9.17, 15) is 38.5 Å². The molecule has 2 unspecified atom stereocenters. The molecule has 45 heavy (non-hydrogen) atoms. The van der Waals surface area contributed by atoms with Gasteiger partial charge in [-0.3, -0.25) is 23.2 Å². The SMILES string of the molecule is O=c1[nH]c(=S)c(C2c3ccccc3Oc3ccccc32)cn1[C@@H]1O[C@H](COP(=O)(O)OP(=O)(O)C(Cl)(Cl)P(=O)(O)O)[C@@H](O)[C@H]1O. The number of para-hydroxylation sites is 2. The summed E-state index contributed by atoms with van der Waals surface area (Å²) in [6.07, 6.45) is -5.59. The van der Waals surface area contributed by atoms with Crippen LogP contribution in [0.3, 0.4) is 0 Å². The van der Waals surface area contributed by atoms with Crippen LogP contribution in [0.15, 0.2) is 59.5 Å². The number of nitrogens with zero attached hydrogens (tertiary/aromatic N) is 1. The van der Waals surface area contributed by atoms with Gasteiger partial charge >= 0.3 is 32.5 Å². The van der Waals surface area contributed by atoms with Gasteiger partial charge in [0.05, 0.1) is 6.61 Å². The topological polar surface area (TPSA) is 247 Å². The van der Waals surface area contributed by atoms with E-state index < -0.39 is 69.6 Å². The van der Waals surface area contributed by atoms with E-state index in [-0.39, 0.29) is 4.64 Å². The lowest BCUT2D eigenvalue weighted by atomic mass is 9.84. The van der Waals surface area contributed by atoms with E-state index in [1.807, 2.05) is 12.1 Å². The molecule has 16 nitrogen and oxygen atoms in total. The molecule has 0 saturated carbocycles. The molecular weight excluding hydrogens is 724 g/mol. The van der Waals surface area contributed by atoms with Gasteiger partial charge in [0.25, 0.3) is 0 Å². The van der Waals surface area contributed by atoms with Crippen LogP contribution in [-0.4, -0.2) is 68.1 Å². The smallest absolute Gasteiger partial charge is 0.457 e. The van der Waals surface area contributed by atoms with Crippen molar-refractivity contribution in [2.75, 3.05) is 6.61 Å². The summed E-state index contributed by atoms with van der Waals surface area (Å²) in [5.41, 5.74) is 0.999. The Morgan fingerprint density at radius 1 is 0.933 bits per heavy atom. The molecule has 0 bridgehead atoms. The van der Waals surface area contributed by atoms with Crippen LogP contribution in [0, 0.1) is 4.64 Å². The third-order valence-electron chi connectivity index (χ3n) is 6.90. The second-order valence-corrected chi connectivity index (χ2v) is 18.3. The van der Waals surface area contributed by atoms with Crippen molar-refractivity contribution in [2.24, 2.45) is 0 Å². The number of hydrogen-bond acceptors (Lipinski definition) is 11. The number of alkyl halides is 2. The molecule has 3 aromatic rings. The van der Waals surface area contributed by atoms with Crippen molar-refractivity contribution in [3.05, 3.63) is 86.5 Å². The third-order valence-corrected chi connectivity index (χ3v) is 15.0. The maximum absolute atomic E-state index is 13.0. The quantitative estimate of drug-likeness (QED) is 0.0737. The zero-order valence-electron chi connectivity index (χ0n) is 22.2. The summed E-state index contributed by atoms with van der Waals surface area (Å²) < 4.78 is 53.3. The fourth-order valence-corrected chi connectivity index (χ4v) is 9.28. The predicted molar refractivity (Wildman–Crippen MR) is 159 cm³/mol. The minimum Gasteiger partial charge on any atom is -0.457 e. The molecule has 0 amide bonds. The van der Waals surface area contributed by atoms with Gasteiger partial charge in [-0.1, -0.05) is 71.8 Å². The second kappa shape index (κ2) is 12.4. The van der Waals surface area contributed by atoms with E-state index in [1.54, 1.807) is 36.4 Å². The van der Waals surface area contributed by atoms with Crippen molar-refractivity contribution in [1.82, 2.24) is 9.55 Å². The molecule has 22 heteroatoms. The first kappa shape index (κ1) is 34.6. The van der Waals surface area contributed by atoms with Crippen molar-refractivity contribution >= 4 is 58.4 Å². The molecule has 1 aromatic heterocycles. The molecule has 244 valence electrons. The van der Waals surface area contributed by atoms with Gasteiger partial charge in [0.15, 0.2) is 6.23 Å². The van der Waals surface area contributed by atoms with Crippen molar-refractivity contribution in [2.45, 2.75) is 34.3 Å². The minimum atomic E-state index is -5.96. The highest BCUT2D eigenvalue weighted by molar-refractivity contribution is 7.81. The van der Waals surface area contributed by atoms with E-state index in [2.05, 4.69) is 13.8 Å². The van der Waals surface area contributed by atoms with Crippen LogP contribution >= 0.6 is 58.4 Å². The lowest BCUT2D eigenvalue weighted by molar-refractivity contribution is -0.0542. The fraction of sp³-hybridized carbons (Fsp3) is 0.304. The highest BCUT2D eigenvalue weighted by atomic mass is 35.5. The molecule has 0 aliphatic carbocycles. The van der Waals surface area contributed by atoms with Crippen molar-refractivity contribution in [3.8, 4) is 11.5 Å². The molecule has 2 aromatic carbocycles. The average molecular weight is 747 g/mol. The van der Waals surface area contributed by atoms with Crippen LogP contribution in [0.4, 0.5) is 0 Å². The Hall–Kier alpha value is -1.75. The van der Waals surface area contributed by atoms with E-state index >= 15 is 0 Å². The first-order valence-corrected chi connectivity index (χ1v) is 18.4. The largest absolute Gasteiger partial charge is 0.479 e. The lowest BCUT2D eigenvalue weighted by Gasteiger charge is -2.29. The number of halogens is 2. The molecule has 1 fully saturated rings. The van der Waals surface area contributed by atoms with E-state index in [0.717, 1.165) is 15.7 Å². The summed E-state index contributed by atoms with van der Waals surface area (Å²) in [6, 6.07) is 14.3. The number of aliphatic hydroxyl groups is 2. The van der Waals surface area contributed by atoms with Gasteiger partial charge in [0, 0.05) is 28.8 Å². The highest BCUT2D eigenvalue weighted by Gasteiger charge is 2.62. The summed E-state index contributed by atoms with van der Waals surface area (Å²) in [5, 5.41) is 21.4. The van der Waals surface area contributed by atoms with Crippen molar-refractivity contribution in [1.29, 1.82) is 0 Å². The van der Waals surface area contributed by atoms with E-state index in [1.165, 1.54) is 6.20 Å². The zero-order chi connectivity index (χ0) is 33.1. The number of aromatic nitrogens is 2. The van der Waals surface area contributed by atoms with Crippen LogP contribution in [0.25, 0.3) is 0 Å². The Kier molecular flexibility index (Phi) is 9.50. The Labute approximate surface area is 268 Å². The number of rotatable bonds is 9. The van der Waals surface area contributed by atoms with Gasteiger partial charge in [-0.05, 0) is 12.1 Å². The number of H-pyrrole nitrogens is 1. The first-order chi connectivity index (χ1) is 20.8. The lowest BCUT2D eigenvalue weighted by Crippen LogP contribution is -2.36. The molecule has 7 N–H and O–H groups in total. The Morgan fingerprint density at radius 2 is 1.49 bits per heavy atom. The summed E-state index contributed by atoms with van der Waals surface area (Å²) in [7, 11) is -17.4. The summed E-state index contributed by atoms with van der Waals surface area (Å²) >= 11 is 16.0. The molecule has 2 aliphatic rings. The standard InChI is InChI=1S/C23H23Cl2N2O14P3S/c24-23(25,42(31,32)33)43(34,35)41-44(36,37)38-10-16-18(28)19(29)21(40-16)27-9-13(20(45)26-22(27)30)17-11-5-1-3-7-14(11)39-15-8-4-2-6-12(15)17/h1-9,16-19,21,28-29H,10H2,(H,34,35)(H,36,37)(H,26,30,45)(H2,31,32,33)/t16-,18-,19-,21-/m1/s1. The molecular formula is C23H23Cl2N2O14P3S. The number of hydrogen-bond donors (Lipinski definition) is 7. The third kappa shape index (κ3) is 6.55. The number of phosphoric acid groups is 1. The minimum absolute atomic E-state index is 0.0671. The normalized spacial score (nSPS) is 24.6. The summed E-state index contributed by atoms with van der Waals surface area (Å²) in [6.45, 7) is -1.10. The van der Waals surface area contributed by atoms with Gasteiger partial charge in [-0.25, -0.2) is 13.7 Å². The second-order valence-electron chi connectivity index (χ2n) is 9.83. The van der Waals surface area contributed by atoms with Crippen LogP contribution in [0.2, 0.25) is 0 Å². The Balaban J connectivity index is 1.41. The molecule has 1 saturated heterocycles. The highest BCUT2D eigenvalue weighted by Crippen LogP contribution is 2.79. The van der Waals surface area contributed by atoms with Crippen molar-refractivity contribution in [3.63, 3.8) is 0 Å². The number of fused-ring (bicyclic) bond motifs is 2. The first-order valence-electron chi connectivity index (χ1n) is 12.5. The number of ether oxygens (including phenoxy) is 2. The molecule has 0 radical (unpaired) electrons. The van der Waals surface area contributed by atoms with Gasteiger partial charge in [0.2, 0.25) is 0 Å². The van der Waals surface area contributed by atoms with Crippen LogP contribution < -0.4 is 10.4 Å². The van der Waals surface area contributed by atoms with Gasteiger partial charge in [-0.15, -0.1) is 0 Å². The van der Waals surface area contributed by atoms with Crippen LogP contribution in [-0.2, 0) is 27.3 Å². The van der Waals surface area contributed by atoms with Crippen LogP contribution in [0.1, 0.15) is 28.8 Å². The Morgan fingerprint density at radius 3 is 2.04 bits per heavy atom. The number of aromatic amines is 1. The van der Waals surface area contributed by atoms with Gasteiger partial charge in [-0.2, -0.15) is 0 Å². The monoisotopic (exact) mass is 746 g/mol. The molecule has 5 rings (SSSR count). The number of benzene rings is 2. The fourth-order valence-electron chi connectivity index (χ4n) is 4.78. The average Bonchev–Trinajstić information content (AvgIpc) is 3.22. The molecule has 3 heterocycles. The zero-order valence-corrected chi connectivity index (χ0v) is 27.2. The maximum Gasteiger partial charge on any atom is 0.479 e. The maximum atomic E-state index is 13.0. The molecule has 0 spiro atoms. The Bertz CT molecular complexity index is 1860. The van der Waals surface area contributed by atoms with Gasteiger partial charge < -0.3 is 39.3 Å².